The second-order valence-electron chi connectivity index (χ2n) is 8.07. The van der Waals surface area contributed by atoms with Crippen LogP contribution >= 0.6 is 11.3 Å². The van der Waals surface area contributed by atoms with E-state index in [1.807, 2.05) is 29.2 Å². The van der Waals surface area contributed by atoms with Crippen LogP contribution in [0.15, 0.2) is 47.3 Å². The van der Waals surface area contributed by atoms with Gasteiger partial charge in [0, 0.05) is 18.7 Å². The van der Waals surface area contributed by atoms with Crippen molar-refractivity contribution in [3.63, 3.8) is 0 Å². The molecule has 3 heterocycles. The minimum atomic E-state index is -0.264. The van der Waals surface area contributed by atoms with E-state index in [0.29, 0.717) is 38.2 Å². The molecule has 1 fully saturated rings. The molecule has 1 N–H and O–H groups in total. The monoisotopic (exact) mass is 449 g/mol. The van der Waals surface area contributed by atoms with Crippen molar-refractivity contribution in [3.8, 4) is 5.75 Å². The predicted octanol–water partition coefficient (Wildman–Crippen LogP) is 3.93. The lowest BCUT2D eigenvalue weighted by Crippen LogP contribution is -2.39. The van der Waals surface area contributed by atoms with Crippen molar-refractivity contribution in [2.24, 2.45) is 5.92 Å². The fourth-order valence-electron chi connectivity index (χ4n) is 4.11. The van der Waals surface area contributed by atoms with Crippen molar-refractivity contribution >= 4 is 43.9 Å². The van der Waals surface area contributed by atoms with Crippen LogP contribution in [0, 0.1) is 5.92 Å². The number of likely N-dealkylation sites (tertiary alicyclic amines) is 1. The van der Waals surface area contributed by atoms with E-state index < -0.39 is 0 Å². The third kappa shape index (κ3) is 3.69. The predicted molar refractivity (Wildman–Crippen MR) is 125 cm³/mol. The number of hydrogen-bond acceptors (Lipinski definition) is 7. The van der Waals surface area contributed by atoms with E-state index in [0.717, 1.165) is 31.6 Å². The van der Waals surface area contributed by atoms with Crippen molar-refractivity contribution in [1.82, 2.24) is 19.5 Å². The molecule has 1 amide bonds. The molecule has 1 atom stereocenters. The summed E-state index contributed by atoms with van der Waals surface area (Å²) in [6.45, 7) is 3.70. The van der Waals surface area contributed by atoms with Gasteiger partial charge in [-0.25, -0.2) is 4.98 Å². The van der Waals surface area contributed by atoms with Crippen LogP contribution in [-0.4, -0.2) is 45.6 Å². The van der Waals surface area contributed by atoms with E-state index in [4.69, 9.17) is 4.74 Å². The Hall–Kier alpha value is -3.46. The van der Waals surface area contributed by atoms with Gasteiger partial charge < -0.3 is 15.0 Å². The topological polar surface area (TPSA) is 88.8 Å². The Morgan fingerprint density at radius 3 is 2.91 bits per heavy atom. The standard InChI is InChI=1S/C23H23N5O3S/c1-14-6-5-11-27(13-14)20(29)15-9-10-16-18(12-15)25-23-28(21(16)30)26-22(32-23)24-17-7-3-4-8-19(17)31-2/h3-4,7-10,12,14H,5-6,11,13H2,1-2H3,(H,24,26)/t14-/m0/s1. The summed E-state index contributed by atoms with van der Waals surface area (Å²) in [6.07, 6.45) is 2.16. The SMILES string of the molecule is COc1ccccc1Nc1nn2c(=O)c3ccc(C(=O)N4CCC[C@H](C)C4)cc3nc2s1. The molecule has 0 aliphatic carbocycles. The van der Waals surface area contributed by atoms with Gasteiger partial charge in [-0.05, 0) is 49.1 Å². The van der Waals surface area contributed by atoms with Crippen molar-refractivity contribution in [2.75, 3.05) is 25.5 Å². The van der Waals surface area contributed by atoms with Gasteiger partial charge in [-0.15, -0.1) is 5.10 Å². The molecule has 0 radical (unpaired) electrons. The molecule has 0 saturated carbocycles. The number of anilines is 2. The molecular weight excluding hydrogens is 426 g/mol. The van der Waals surface area contributed by atoms with Gasteiger partial charge in [0.05, 0.1) is 23.7 Å². The van der Waals surface area contributed by atoms with Crippen molar-refractivity contribution in [3.05, 3.63) is 58.4 Å². The first kappa shape index (κ1) is 20.4. The number of nitrogens with zero attached hydrogens (tertiary/aromatic N) is 4. The third-order valence-corrected chi connectivity index (χ3v) is 6.56. The van der Waals surface area contributed by atoms with E-state index >= 15 is 0 Å². The Bertz CT molecular complexity index is 1380. The van der Waals surface area contributed by atoms with Crippen LogP contribution in [-0.2, 0) is 0 Å². The second-order valence-corrected chi connectivity index (χ2v) is 9.03. The minimum absolute atomic E-state index is 0.0109. The number of carbonyl (C=O) groups is 1. The minimum Gasteiger partial charge on any atom is -0.495 e. The lowest BCUT2D eigenvalue weighted by molar-refractivity contribution is 0.0683. The summed E-state index contributed by atoms with van der Waals surface area (Å²) >= 11 is 1.26. The average molecular weight is 450 g/mol. The molecule has 32 heavy (non-hydrogen) atoms. The Kier molecular flexibility index (Phi) is 5.26. The van der Waals surface area contributed by atoms with Crippen LogP contribution in [0.1, 0.15) is 30.1 Å². The maximum absolute atomic E-state index is 13.0. The first-order valence-electron chi connectivity index (χ1n) is 10.6. The number of nitrogens with one attached hydrogen (secondary N) is 1. The molecule has 0 unspecified atom stereocenters. The van der Waals surface area contributed by atoms with Crippen LogP contribution in [0.4, 0.5) is 10.8 Å². The average Bonchev–Trinajstić information content (AvgIpc) is 3.21. The molecule has 2 aromatic carbocycles. The number of carbonyl (C=O) groups excluding carboxylic acids is 1. The van der Waals surface area contributed by atoms with Gasteiger partial charge in [0.15, 0.2) is 0 Å². The molecular formula is C23H23N5O3S. The number of methoxy groups -OCH3 is 1. The van der Waals surface area contributed by atoms with Crippen LogP contribution in [0.2, 0.25) is 0 Å². The highest BCUT2D eigenvalue weighted by molar-refractivity contribution is 7.20. The first-order valence-corrected chi connectivity index (χ1v) is 11.4. The zero-order valence-electron chi connectivity index (χ0n) is 17.9. The third-order valence-electron chi connectivity index (χ3n) is 5.74. The maximum atomic E-state index is 13.0. The molecule has 0 bridgehead atoms. The van der Waals surface area contributed by atoms with Gasteiger partial charge in [0.1, 0.15) is 5.75 Å². The van der Waals surface area contributed by atoms with E-state index in [2.05, 4.69) is 22.3 Å². The van der Waals surface area contributed by atoms with Crippen molar-refractivity contribution < 1.29 is 9.53 Å². The fourth-order valence-corrected chi connectivity index (χ4v) is 4.92. The summed E-state index contributed by atoms with van der Waals surface area (Å²) < 4.78 is 6.66. The highest BCUT2D eigenvalue weighted by Crippen LogP contribution is 2.29. The van der Waals surface area contributed by atoms with Crippen LogP contribution in [0.25, 0.3) is 15.9 Å². The highest BCUT2D eigenvalue weighted by Gasteiger charge is 2.23. The number of para-hydroxylation sites is 2. The zero-order valence-corrected chi connectivity index (χ0v) is 18.7. The number of hydrogen-bond donors (Lipinski definition) is 1. The zero-order chi connectivity index (χ0) is 22.2. The van der Waals surface area contributed by atoms with Crippen molar-refractivity contribution in [1.29, 1.82) is 0 Å². The largest absolute Gasteiger partial charge is 0.495 e. The lowest BCUT2D eigenvalue weighted by atomic mass is 9.99. The van der Waals surface area contributed by atoms with E-state index in [9.17, 15) is 9.59 Å². The summed E-state index contributed by atoms with van der Waals surface area (Å²) in [5.74, 6) is 1.16. The van der Waals surface area contributed by atoms with E-state index in [1.165, 1.54) is 15.9 Å². The highest BCUT2D eigenvalue weighted by atomic mass is 32.1. The van der Waals surface area contributed by atoms with E-state index in [1.54, 1.807) is 25.3 Å². The Labute approximate surface area is 188 Å². The molecule has 8 nitrogen and oxygen atoms in total. The van der Waals surface area contributed by atoms with Gasteiger partial charge in [0.25, 0.3) is 11.5 Å². The molecule has 0 spiro atoms. The molecule has 1 aliphatic heterocycles. The normalized spacial score (nSPS) is 16.4. The van der Waals surface area contributed by atoms with E-state index in [-0.39, 0.29) is 11.5 Å². The Morgan fingerprint density at radius 2 is 2.09 bits per heavy atom. The van der Waals surface area contributed by atoms with Crippen LogP contribution in [0.3, 0.4) is 0 Å². The molecule has 164 valence electrons. The number of aromatic nitrogens is 3. The Morgan fingerprint density at radius 1 is 1.25 bits per heavy atom. The lowest BCUT2D eigenvalue weighted by Gasteiger charge is -2.31. The molecule has 2 aromatic heterocycles. The molecule has 4 aromatic rings. The number of benzene rings is 2. The van der Waals surface area contributed by atoms with Crippen LogP contribution in [0.5, 0.6) is 5.75 Å². The molecule has 1 aliphatic rings. The maximum Gasteiger partial charge on any atom is 0.283 e. The summed E-state index contributed by atoms with van der Waals surface area (Å²) in [6, 6.07) is 12.6. The number of amides is 1. The van der Waals surface area contributed by atoms with Gasteiger partial charge in [-0.3, -0.25) is 9.59 Å². The number of piperidine rings is 1. The molecule has 1 saturated heterocycles. The molecule has 5 rings (SSSR count). The van der Waals surface area contributed by atoms with Gasteiger partial charge >= 0.3 is 0 Å². The number of rotatable bonds is 4. The van der Waals surface area contributed by atoms with Gasteiger partial charge in [0.2, 0.25) is 10.1 Å². The number of ether oxygens (including phenoxy) is 1. The summed E-state index contributed by atoms with van der Waals surface area (Å²) in [4.78, 5) is 33.0. The summed E-state index contributed by atoms with van der Waals surface area (Å²) in [5.41, 5.74) is 1.54. The van der Waals surface area contributed by atoms with Crippen LogP contribution < -0.4 is 15.6 Å². The Balaban J connectivity index is 1.51. The molecule has 9 heteroatoms. The van der Waals surface area contributed by atoms with Crippen molar-refractivity contribution in [2.45, 2.75) is 19.8 Å². The fraction of sp³-hybridized carbons (Fsp3) is 0.304. The summed E-state index contributed by atoms with van der Waals surface area (Å²) in [7, 11) is 1.60. The van der Waals surface area contributed by atoms with Gasteiger partial charge in [-0.1, -0.05) is 30.4 Å². The second kappa shape index (κ2) is 8.23. The van der Waals surface area contributed by atoms with Gasteiger partial charge in [-0.2, -0.15) is 4.52 Å². The summed E-state index contributed by atoms with van der Waals surface area (Å²) in [5, 5.41) is 8.54. The number of fused-ring (bicyclic) bond motifs is 2. The first-order chi connectivity index (χ1) is 15.5. The quantitative estimate of drug-likeness (QED) is 0.508. The smallest absolute Gasteiger partial charge is 0.283 e.